The number of benzene rings is 2. The second-order valence-electron chi connectivity index (χ2n) is 6.16. The molecule has 1 amide bonds. The highest BCUT2D eigenvalue weighted by Crippen LogP contribution is 2.31. The first kappa shape index (κ1) is 17.2. The van der Waals surface area contributed by atoms with Gasteiger partial charge in [-0.1, -0.05) is 57.6 Å². The third kappa shape index (κ3) is 3.81. The Hall–Kier alpha value is -2.18. The van der Waals surface area contributed by atoms with Crippen LogP contribution >= 0.6 is 27.3 Å². The largest absolute Gasteiger partial charge is 0.345 e. The zero-order valence-electron chi connectivity index (χ0n) is 14.1. The maximum atomic E-state index is 12.4. The molecular weight excluding hydrogens is 410 g/mol. The van der Waals surface area contributed by atoms with Gasteiger partial charge in [0, 0.05) is 36.7 Å². The smallest absolute Gasteiger partial charge is 0.246 e. The first-order valence-corrected chi connectivity index (χ1v) is 10.1. The summed E-state index contributed by atoms with van der Waals surface area (Å²) >= 11 is 5.21. The van der Waals surface area contributed by atoms with Crippen LogP contribution in [0.3, 0.4) is 0 Å². The lowest BCUT2D eigenvalue weighted by atomic mass is 10.2. The van der Waals surface area contributed by atoms with Crippen LogP contribution in [0.15, 0.2) is 59.1 Å². The number of hydrogen-bond donors (Lipinski definition) is 0. The molecule has 26 heavy (non-hydrogen) atoms. The first-order chi connectivity index (χ1) is 12.7. The van der Waals surface area contributed by atoms with Crippen LogP contribution in [0.25, 0.3) is 16.3 Å². The van der Waals surface area contributed by atoms with Crippen LogP contribution in [0, 0.1) is 0 Å². The van der Waals surface area contributed by atoms with E-state index < -0.39 is 0 Å². The fourth-order valence-corrected chi connectivity index (χ4v) is 4.55. The van der Waals surface area contributed by atoms with E-state index in [4.69, 9.17) is 4.98 Å². The van der Waals surface area contributed by atoms with Crippen molar-refractivity contribution in [3.05, 3.63) is 64.6 Å². The van der Waals surface area contributed by atoms with E-state index in [-0.39, 0.29) is 5.91 Å². The molecule has 1 saturated heterocycles. The zero-order chi connectivity index (χ0) is 17.9. The summed E-state index contributed by atoms with van der Waals surface area (Å²) in [5.74, 6) is 0.0710. The molecule has 1 fully saturated rings. The lowest BCUT2D eigenvalue weighted by molar-refractivity contribution is -0.126. The van der Waals surface area contributed by atoms with Gasteiger partial charge in [-0.05, 0) is 29.8 Å². The Bertz CT molecular complexity index is 946. The summed E-state index contributed by atoms with van der Waals surface area (Å²) in [4.78, 5) is 21.3. The van der Waals surface area contributed by atoms with Gasteiger partial charge in [-0.2, -0.15) is 0 Å². The molecule has 0 unspecified atom stereocenters. The average molecular weight is 428 g/mol. The van der Waals surface area contributed by atoms with Crippen LogP contribution in [0.2, 0.25) is 0 Å². The van der Waals surface area contributed by atoms with Gasteiger partial charge in [-0.3, -0.25) is 4.79 Å². The van der Waals surface area contributed by atoms with Gasteiger partial charge in [-0.15, -0.1) is 0 Å². The minimum Gasteiger partial charge on any atom is -0.345 e. The maximum absolute atomic E-state index is 12.4. The maximum Gasteiger partial charge on any atom is 0.246 e. The monoisotopic (exact) mass is 427 g/mol. The predicted octanol–water partition coefficient (Wildman–Crippen LogP) is 4.42. The molecule has 3 aromatic rings. The number of rotatable bonds is 3. The number of anilines is 1. The van der Waals surface area contributed by atoms with E-state index in [0.717, 1.165) is 46.9 Å². The van der Waals surface area contributed by atoms with Gasteiger partial charge in [0.2, 0.25) is 5.91 Å². The van der Waals surface area contributed by atoms with E-state index in [1.54, 1.807) is 17.4 Å². The van der Waals surface area contributed by atoms with Gasteiger partial charge in [0.25, 0.3) is 0 Å². The molecule has 1 aromatic heterocycles. The Balaban J connectivity index is 1.38. The Labute approximate surface area is 164 Å². The van der Waals surface area contributed by atoms with Crippen molar-refractivity contribution in [3.63, 3.8) is 0 Å². The summed E-state index contributed by atoms with van der Waals surface area (Å²) in [7, 11) is 0. The van der Waals surface area contributed by atoms with Gasteiger partial charge in [0.05, 0.1) is 10.2 Å². The Morgan fingerprint density at radius 1 is 1.08 bits per heavy atom. The number of hydrogen-bond acceptors (Lipinski definition) is 4. The first-order valence-electron chi connectivity index (χ1n) is 8.52. The van der Waals surface area contributed by atoms with Crippen molar-refractivity contribution in [2.45, 2.75) is 0 Å². The van der Waals surface area contributed by atoms with Crippen molar-refractivity contribution in [1.29, 1.82) is 0 Å². The van der Waals surface area contributed by atoms with Crippen LogP contribution in [0.5, 0.6) is 0 Å². The normalized spacial score (nSPS) is 15.1. The van der Waals surface area contributed by atoms with Crippen molar-refractivity contribution in [1.82, 2.24) is 9.88 Å². The summed E-state index contributed by atoms with van der Waals surface area (Å²) in [6.07, 6.45) is 3.54. The molecule has 0 bridgehead atoms. The van der Waals surface area contributed by atoms with Gasteiger partial charge in [0.15, 0.2) is 5.13 Å². The summed E-state index contributed by atoms with van der Waals surface area (Å²) in [6.45, 7) is 3.06. The Kier molecular flexibility index (Phi) is 5.04. The summed E-state index contributed by atoms with van der Waals surface area (Å²) < 4.78 is 2.25. The van der Waals surface area contributed by atoms with Crippen LogP contribution in [-0.2, 0) is 4.79 Å². The van der Waals surface area contributed by atoms with E-state index in [1.165, 1.54) is 4.70 Å². The van der Waals surface area contributed by atoms with Crippen molar-refractivity contribution >= 4 is 54.6 Å². The van der Waals surface area contributed by atoms with Gasteiger partial charge >= 0.3 is 0 Å². The molecule has 6 heteroatoms. The van der Waals surface area contributed by atoms with Crippen LogP contribution < -0.4 is 4.90 Å². The number of thiazole rings is 1. The SMILES string of the molecule is O=C(/C=C/c1ccccc1)N1CCN(c2nc3ccc(Br)cc3s2)CC1. The average Bonchev–Trinajstić information content (AvgIpc) is 3.10. The van der Waals surface area contributed by atoms with E-state index in [9.17, 15) is 4.79 Å². The minimum absolute atomic E-state index is 0.0710. The van der Waals surface area contributed by atoms with Gasteiger partial charge in [0.1, 0.15) is 0 Å². The summed E-state index contributed by atoms with van der Waals surface area (Å²) in [6, 6.07) is 16.1. The molecule has 0 aliphatic carbocycles. The van der Waals surface area contributed by atoms with Crippen LogP contribution in [0.4, 0.5) is 5.13 Å². The molecular formula is C20H18BrN3OS. The molecule has 0 N–H and O–H groups in total. The zero-order valence-corrected chi connectivity index (χ0v) is 16.5. The second-order valence-corrected chi connectivity index (χ2v) is 8.09. The Morgan fingerprint density at radius 3 is 2.62 bits per heavy atom. The van der Waals surface area contributed by atoms with E-state index in [0.29, 0.717) is 0 Å². The fourth-order valence-electron chi connectivity index (χ4n) is 2.98. The number of piperazine rings is 1. The van der Waals surface area contributed by atoms with E-state index >= 15 is 0 Å². The highest BCUT2D eigenvalue weighted by molar-refractivity contribution is 9.10. The lowest BCUT2D eigenvalue weighted by Gasteiger charge is -2.34. The third-order valence-corrected chi connectivity index (χ3v) is 5.99. The summed E-state index contributed by atoms with van der Waals surface area (Å²) in [5, 5.41) is 1.03. The predicted molar refractivity (Wildman–Crippen MR) is 112 cm³/mol. The molecule has 2 heterocycles. The summed E-state index contributed by atoms with van der Waals surface area (Å²) in [5.41, 5.74) is 2.07. The quantitative estimate of drug-likeness (QED) is 0.580. The van der Waals surface area contributed by atoms with Crippen LogP contribution in [0.1, 0.15) is 5.56 Å². The molecule has 132 valence electrons. The minimum atomic E-state index is 0.0710. The van der Waals surface area contributed by atoms with Gasteiger partial charge < -0.3 is 9.80 Å². The van der Waals surface area contributed by atoms with Gasteiger partial charge in [-0.25, -0.2) is 4.98 Å². The molecule has 0 spiro atoms. The lowest BCUT2D eigenvalue weighted by Crippen LogP contribution is -2.48. The van der Waals surface area contributed by atoms with Crippen molar-refractivity contribution < 1.29 is 4.79 Å². The number of carbonyl (C=O) groups is 1. The molecule has 4 nitrogen and oxygen atoms in total. The molecule has 2 aromatic carbocycles. The van der Waals surface area contributed by atoms with Crippen LogP contribution in [-0.4, -0.2) is 42.0 Å². The third-order valence-electron chi connectivity index (χ3n) is 4.42. The molecule has 0 radical (unpaired) electrons. The number of aromatic nitrogens is 1. The van der Waals surface area contributed by atoms with Crippen molar-refractivity contribution in [2.24, 2.45) is 0 Å². The molecule has 1 aliphatic heterocycles. The molecule has 0 atom stereocenters. The Morgan fingerprint density at radius 2 is 1.85 bits per heavy atom. The van der Waals surface area contributed by atoms with E-state index in [1.807, 2.05) is 53.4 Å². The van der Waals surface area contributed by atoms with Crippen molar-refractivity contribution in [3.8, 4) is 0 Å². The molecule has 4 rings (SSSR count). The number of fused-ring (bicyclic) bond motifs is 1. The number of amides is 1. The highest BCUT2D eigenvalue weighted by atomic mass is 79.9. The second kappa shape index (κ2) is 7.60. The molecule has 1 aliphatic rings. The number of halogens is 1. The number of carbonyl (C=O) groups excluding carboxylic acids is 1. The van der Waals surface area contributed by atoms with Crippen molar-refractivity contribution in [2.75, 3.05) is 31.1 Å². The van der Waals surface area contributed by atoms with E-state index in [2.05, 4.69) is 26.9 Å². The number of nitrogens with zero attached hydrogens (tertiary/aromatic N) is 3. The molecule has 0 saturated carbocycles. The fraction of sp³-hybridized carbons (Fsp3) is 0.200. The highest BCUT2D eigenvalue weighted by Gasteiger charge is 2.21. The standard InChI is InChI=1S/C20H18BrN3OS/c21-16-7-8-17-18(14-16)26-20(22-17)24-12-10-23(11-13-24)19(25)9-6-15-4-2-1-3-5-15/h1-9,14H,10-13H2/b9-6+. The topological polar surface area (TPSA) is 36.4 Å².